The fourth-order valence-electron chi connectivity index (χ4n) is 3.99. The number of hydrogen-bond acceptors (Lipinski definition) is 7. The van der Waals surface area contributed by atoms with Gasteiger partial charge in [0, 0.05) is 63.0 Å². The standard InChI is InChI=1S/C25H25FN6O3/c1-32-15-19(11-30-32)21-14-29-31-22(23(21)33)10-17-3-2-4-18(9-17)24-27-12-20(13-28-24)35-16-25(26)5-7-34-8-6-25/h2-4,9,11-15H,5-8,10,16H2,1H3,(H,29,33). The summed E-state index contributed by atoms with van der Waals surface area (Å²) in [6.07, 6.45) is 9.10. The Morgan fingerprint density at radius 1 is 1.17 bits per heavy atom. The molecule has 180 valence electrons. The van der Waals surface area contributed by atoms with Crippen LogP contribution in [0, 0.1) is 0 Å². The molecule has 0 unspecified atom stereocenters. The molecular formula is C25H25FN6O3. The Morgan fingerprint density at radius 3 is 2.71 bits per heavy atom. The first-order chi connectivity index (χ1) is 17.0. The van der Waals surface area contributed by atoms with E-state index in [4.69, 9.17) is 9.47 Å². The van der Waals surface area contributed by atoms with Gasteiger partial charge in [0.1, 0.15) is 18.0 Å². The predicted molar refractivity (Wildman–Crippen MR) is 127 cm³/mol. The van der Waals surface area contributed by atoms with Gasteiger partial charge in [0.2, 0.25) is 5.43 Å². The van der Waals surface area contributed by atoms with Crippen LogP contribution in [0.3, 0.4) is 0 Å². The highest BCUT2D eigenvalue weighted by Gasteiger charge is 2.33. The minimum Gasteiger partial charge on any atom is -0.487 e. The monoisotopic (exact) mass is 476 g/mol. The third kappa shape index (κ3) is 5.27. The van der Waals surface area contributed by atoms with Crippen molar-refractivity contribution < 1.29 is 13.9 Å². The highest BCUT2D eigenvalue weighted by molar-refractivity contribution is 5.61. The molecule has 0 aliphatic carbocycles. The lowest BCUT2D eigenvalue weighted by Gasteiger charge is -2.29. The number of benzene rings is 1. The number of nitrogens with one attached hydrogen (secondary N) is 1. The number of aromatic amines is 1. The number of aryl methyl sites for hydroxylation is 1. The molecular weight excluding hydrogens is 451 g/mol. The number of alkyl halides is 1. The summed E-state index contributed by atoms with van der Waals surface area (Å²) >= 11 is 0. The minimum absolute atomic E-state index is 0.0474. The van der Waals surface area contributed by atoms with Gasteiger partial charge >= 0.3 is 0 Å². The molecule has 1 fully saturated rings. The van der Waals surface area contributed by atoms with Crippen molar-refractivity contribution in [3.05, 3.63) is 76.7 Å². The van der Waals surface area contributed by atoms with Crippen molar-refractivity contribution in [3.63, 3.8) is 0 Å². The van der Waals surface area contributed by atoms with E-state index in [1.54, 1.807) is 42.7 Å². The number of aromatic nitrogens is 6. The fourth-order valence-corrected chi connectivity index (χ4v) is 3.99. The Balaban J connectivity index is 1.29. The second-order valence-corrected chi connectivity index (χ2v) is 8.65. The normalized spacial score (nSPS) is 15.1. The van der Waals surface area contributed by atoms with Crippen molar-refractivity contribution in [2.75, 3.05) is 19.8 Å². The van der Waals surface area contributed by atoms with Crippen LogP contribution in [0.25, 0.3) is 22.5 Å². The Labute approximate surface area is 201 Å². The minimum atomic E-state index is -1.38. The van der Waals surface area contributed by atoms with Crippen LogP contribution in [0.5, 0.6) is 5.75 Å². The Bertz CT molecular complexity index is 1360. The number of rotatable bonds is 7. The predicted octanol–water partition coefficient (Wildman–Crippen LogP) is 3.12. The smallest absolute Gasteiger partial charge is 0.211 e. The van der Waals surface area contributed by atoms with Crippen LogP contribution >= 0.6 is 0 Å². The second-order valence-electron chi connectivity index (χ2n) is 8.65. The van der Waals surface area contributed by atoms with E-state index in [9.17, 15) is 9.18 Å². The van der Waals surface area contributed by atoms with Crippen LogP contribution in [0.15, 0.2) is 60.0 Å². The summed E-state index contributed by atoms with van der Waals surface area (Å²) in [4.78, 5) is 21.7. The maximum Gasteiger partial charge on any atom is 0.211 e. The molecule has 4 aromatic rings. The van der Waals surface area contributed by atoms with Crippen molar-refractivity contribution in [2.45, 2.75) is 24.9 Å². The average Bonchev–Trinajstić information content (AvgIpc) is 3.31. The average molecular weight is 477 g/mol. The van der Waals surface area contributed by atoms with Gasteiger partial charge in [0.25, 0.3) is 0 Å². The quantitative estimate of drug-likeness (QED) is 0.437. The molecule has 0 amide bonds. The zero-order chi connectivity index (χ0) is 24.3. The van der Waals surface area contributed by atoms with Crippen molar-refractivity contribution in [2.24, 2.45) is 7.05 Å². The van der Waals surface area contributed by atoms with Gasteiger partial charge in [-0.05, 0) is 11.6 Å². The van der Waals surface area contributed by atoms with Gasteiger partial charge < -0.3 is 9.47 Å². The Kier molecular flexibility index (Phi) is 6.37. The van der Waals surface area contributed by atoms with Crippen molar-refractivity contribution >= 4 is 0 Å². The van der Waals surface area contributed by atoms with Crippen LogP contribution in [-0.2, 0) is 18.2 Å². The number of hydrogen-bond donors (Lipinski definition) is 1. The van der Waals surface area contributed by atoms with E-state index in [0.717, 1.165) is 16.7 Å². The van der Waals surface area contributed by atoms with Gasteiger partial charge in [0.05, 0.1) is 24.2 Å². The Morgan fingerprint density at radius 2 is 1.97 bits per heavy atom. The lowest BCUT2D eigenvalue weighted by molar-refractivity contribution is -0.0324. The van der Waals surface area contributed by atoms with Crippen LogP contribution < -0.4 is 10.2 Å². The summed E-state index contributed by atoms with van der Waals surface area (Å²) in [7, 11) is 1.80. The molecule has 1 saturated heterocycles. The van der Waals surface area contributed by atoms with Gasteiger partial charge in [-0.15, -0.1) is 0 Å². The largest absolute Gasteiger partial charge is 0.487 e. The summed E-state index contributed by atoms with van der Waals surface area (Å²) in [6.45, 7) is 0.760. The molecule has 1 aromatic carbocycles. The summed E-state index contributed by atoms with van der Waals surface area (Å²) in [6, 6.07) is 7.62. The molecule has 0 bridgehead atoms. The summed E-state index contributed by atoms with van der Waals surface area (Å²) < 4.78 is 27.2. The number of H-pyrrole nitrogens is 1. The van der Waals surface area contributed by atoms with E-state index in [2.05, 4.69) is 25.3 Å². The number of nitrogens with zero attached hydrogens (tertiary/aromatic N) is 5. The van der Waals surface area contributed by atoms with Crippen molar-refractivity contribution in [1.82, 2.24) is 29.9 Å². The molecule has 4 heterocycles. The lowest BCUT2D eigenvalue weighted by atomic mass is 9.98. The Hall–Kier alpha value is -3.92. The van der Waals surface area contributed by atoms with Crippen LogP contribution in [0.1, 0.15) is 24.1 Å². The lowest BCUT2D eigenvalue weighted by Crippen LogP contribution is -2.37. The van der Waals surface area contributed by atoms with Crippen LogP contribution in [0.2, 0.25) is 0 Å². The first-order valence-corrected chi connectivity index (χ1v) is 11.4. The van der Waals surface area contributed by atoms with E-state index >= 15 is 0 Å². The van der Waals surface area contributed by atoms with E-state index in [1.165, 1.54) is 0 Å². The molecule has 0 radical (unpaired) electrons. The van der Waals surface area contributed by atoms with E-state index in [-0.39, 0.29) is 12.0 Å². The summed E-state index contributed by atoms with van der Waals surface area (Å²) in [5.74, 6) is 0.919. The zero-order valence-corrected chi connectivity index (χ0v) is 19.3. The molecule has 1 N–H and O–H groups in total. The van der Waals surface area contributed by atoms with Crippen LogP contribution in [0.4, 0.5) is 4.39 Å². The summed E-state index contributed by atoms with van der Waals surface area (Å²) in [5.41, 5.74) is 1.82. The highest BCUT2D eigenvalue weighted by Crippen LogP contribution is 2.26. The summed E-state index contributed by atoms with van der Waals surface area (Å²) in [5, 5.41) is 11.2. The van der Waals surface area contributed by atoms with Gasteiger partial charge in [-0.1, -0.05) is 18.2 Å². The van der Waals surface area contributed by atoms with E-state index in [0.29, 0.717) is 55.3 Å². The molecule has 1 aliphatic rings. The zero-order valence-electron chi connectivity index (χ0n) is 19.3. The maximum absolute atomic E-state index is 14.7. The van der Waals surface area contributed by atoms with Gasteiger partial charge in [-0.3, -0.25) is 14.6 Å². The SMILES string of the molecule is Cn1cc(-c2c[nH]nc(Cc3cccc(-c4ncc(OCC5(F)CCOCC5)cn4)c3)c2=O)cn1. The molecule has 9 nitrogen and oxygen atoms in total. The fraction of sp³-hybridized carbons (Fsp3) is 0.320. The third-order valence-corrected chi connectivity index (χ3v) is 6.00. The number of ether oxygens (including phenoxy) is 2. The first-order valence-electron chi connectivity index (χ1n) is 11.4. The van der Waals surface area contributed by atoms with Crippen LogP contribution in [-0.4, -0.2) is 55.4 Å². The molecule has 0 saturated carbocycles. The molecule has 35 heavy (non-hydrogen) atoms. The molecule has 5 rings (SSSR count). The molecule has 3 aromatic heterocycles. The van der Waals surface area contributed by atoms with E-state index < -0.39 is 5.67 Å². The maximum atomic E-state index is 14.7. The van der Waals surface area contributed by atoms with Gasteiger partial charge in [-0.2, -0.15) is 10.2 Å². The van der Waals surface area contributed by atoms with E-state index in [1.807, 2.05) is 24.3 Å². The van der Waals surface area contributed by atoms with Gasteiger partial charge in [-0.25, -0.2) is 14.4 Å². The molecule has 0 spiro atoms. The van der Waals surface area contributed by atoms with Gasteiger partial charge in [0.15, 0.2) is 11.6 Å². The molecule has 1 aliphatic heterocycles. The highest BCUT2D eigenvalue weighted by atomic mass is 19.1. The van der Waals surface area contributed by atoms with Crippen molar-refractivity contribution in [1.29, 1.82) is 0 Å². The first kappa shape index (κ1) is 22.9. The number of halogens is 1. The molecule has 0 atom stereocenters. The van der Waals surface area contributed by atoms with Crippen molar-refractivity contribution in [3.8, 4) is 28.3 Å². The molecule has 10 heteroatoms. The second kappa shape index (κ2) is 9.75. The third-order valence-electron chi connectivity index (χ3n) is 6.00. The topological polar surface area (TPSA) is 108 Å².